The molecule has 1 aromatic heterocycles. The molecular weight excluding hydrogens is 268 g/mol. The molecule has 20 heavy (non-hydrogen) atoms. The Morgan fingerprint density at radius 3 is 2.65 bits per heavy atom. The molecular formula is C16H26N2OS. The smallest absolute Gasteiger partial charge is 0.244 e. The summed E-state index contributed by atoms with van der Waals surface area (Å²) in [7, 11) is 0. The van der Waals surface area contributed by atoms with Crippen molar-refractivity contribution >= 4 is 17.2 Å². The predicted octanol–water partition coefficient (Wildman–Crippen LogP) is 3.78. The fourth-order valence-corrected chi connectivity index (χ4v) is 3.55. The highest BCUT2D eigenvalue weighted by Crippen LogP contribution is 2.37. The SMILES string of the molecule is CCC(C)C(C)N1C(=O)C(C)(CC)NC1c1cccs1. The number of carbonyl (C=O) groups excluding carboxylic acids is 1. The summed E-state index contributed by atoms with van der Waals surface area (Å²) in [6, 6.07) is 4.42. The van der Waals surface area contributed by atoms with Gasteiger partial charge in [0.2, 0.25) is 5.91 Å². The van der Waals surface area contributed by atoms with E-state index in [1.165, 1.54) is 4.88 Å². The summed E-state index contributed by atoms with van der Waals surface area (Å²) in [6.07, 6.45) is 1.93. The molecule has 1 aliphatic rings. The van der Waals surface area contributed by atoms with Crippen LogP contribution in [0.3, 0.4) is 0 Å². The minimum absolute atomic E-state index is 0.0245. The molecule has 1 fully saturated rings. The van der Waals surface area contributed by atoms with Gasteiger partial charge in [-0.15, -0.1) is 11.3 Å². The minimum Gasteiger partial charge on any atom is -0.318 e. The molecule has 1 saturated heterocycles. The van der Waals surface area contributed by atoms with Gasteiger partial charge in [0.1, 0.15) is 6.17 Å². The highest BCUT2D eigenvalue weighted by Gasteiger charge is 2.49. The van der Waals surface area contributed by atoms with E-state index in [2.05, 4.69) is 55.4 Å². The van der Waals surface area contributed by atoms with Crippen LogP contribution in [0.25, 0.3) is 0 Å². The van der Waals surface area contributed by atoms with Gasteiger partial charge >= 0.3 is 0 Å². The summed E-state index contributed by atoms with van der Waals surface area (Å²) in [4.78, 5) is 16.2. The maximum absolute atomic E-state index is 12.9. The highest BCUT2D eigenvalue weighted by atomic mass is 32.1. The van der Waals surface area contributed by atoms with Crippen LogP contribution < -0.4 is 5.32 Å². The van der Waals surface area contributed by atoms with Crippen molar-refractivity contribution in [1.29, 1.82) is 0 Å². The molecule has 1 amide bonds. The summed E-state index contributed by atoms with van der Waals surface area (Å²) in [5, 5.41) is 5.64. The van der Waals surface area contributed by atoms with Crippen molar-refractivity contribution in [2.24, 2.45) is 5.92 Å². The molecule has 0 aromatic carbocycles. The first-order valence-corrected chi connectivity index (χ1v) is 8.46. The van der Waals surface area contributed by atoms with Gasteiger partial charge in [-0.3, -0.25) is 10.1 Å². The zero-order valence-corrected chi connectivity index (χ0v) is 14.0. The number of hydrogen-bond acceptors (Lipinski definition) is 3. The first-order valence-electron chi connectivity index (χ1n) is 7.58. The zero-order chi connectivity index (χ0) is 14.9. The fourth-order valence-electron chi connectivity index (χ4n) is 2.78. The lowest BCUT2D eigenvalue weighted by molar-refractivity contribution is -0.135. The summed E-state index contributed by atoms with van der Waals surface area (Å²) in [5.41, 5.74) is -0.434. The van der Waals surface area contributed by atoms with Crippen LogP contribution in [0.4, 0.5) is 0 Å². The molecule has 4 atom stereocenters. The minimum atomic E-state index is -0.434. The zero-order valence-electron chi connectivity index (χ0n) is 13.1. The molecule has 1 aliphatic heterocycles. The van der Waals surface area contributed by atoms with E-state index in [-0.39, 0.29) is 18.1 Å². The molecule has 2 rings (SSSR count). The molecule has 1 N–H and O–H groups in total. The van der Waals surface area contributed by atoms with E-state index < -0.39 is 5.54 Å². The Bertz CT molecular complexity index is 459. The van der Waals surface area contributed by atoms with Gasteiger partial charge in [-0.25, -0.2) is 0 Å². The van der Waals surface area contributed by atoms with Gasteiger partial charge in [-0.2, -0.15) is 0 Å². The van der Waals surface area contributed by atoms with Gasteiger partial charge in [-0.05, 0) is 37.6 Å². The number of nitrogens with one attached hydrogen (secondary N) is 1. The third-order valence-corrected chi connectivity index (χ3v) is 5.79. The Morgan fingerprint density at radius 1 is 1.45 bits per heavy atom. The van der Waals surface area contributed by atoms with Gasteiger partial charge in [0.05, 0.1) is 5.54 Å². The van der Waals surface area contributed by atoms with Gasteiger partial charge in [0.15, 0.2) is 0 Å². The maximum Gasteiger partial charge on any atom is 0.244 e. The van der Waals surface area contributed by atoms with Crippen molar-refractivity contribution in [3.05, 3.63) is 22.4 Å². The van der Waals surface area contributed by atoms with E-state index in [9.17, 15) is 4.79 Å². The molecule has 0 aliphatic carbocycles. The summed E-state index contributed by atoms with van der Waals surface area (Å²) in [6.45, 7) is 10.7. The molecule has 1 aromatic rings. The summed E-state index contributed by atoms with van der Waals surface area (Å²) < 4.78 is 0. The first kappa shape index (κ1) is 15.5. The molecule has 112 valence electrons. The van der Waals surface area contributed by atoms with E-state index in [1.807, 2.05) is 6.92 Å². The van der Waals surface area contributed by atoms with Crippen LogP contribution in [0.2, 0.25) is 0 Å². The Morgan fingerprint density at radius 2 is 2.15 bits per heavy atom. The van der Waals surface area contributed by atoms with Gasteiger partial charge in [-0.1, -0.05) is 33.3 Å². The van der Waals surface area contributed by atoms with Crippen LogP contribution >= 0.6 is 11.3 Å². The Hall–Kier alpha value is -0.870. The average molecular weight is 294 g/mol. The Kier molecular flexibility index (Phi) is 4.55. The van der Waals surface area contributed by atoms with Crippen LogP contribution in [0, 0.1) is 5.92 Å². The number of rotatable bonds is 5. The van der Waals surface area contributed by atoms with Crippen LogP contribution in [0.5, 0.6) is 0 Å². The third-order valence-electron chi connectivity index (χ3n) is 4.87. The van der Waals surface area contributed by atoms with Crippen molar-refractivity contribution in [2.45, 2.75) is 65.2 Å². The van der Waals surface area contributed by atoms with Crippen molar-refractivity contribution in [2.75, 3.05) is 0 Å². The van der Waals surface area contributed by atoms with Gasteiger partial charge < -0.3 is 4.90 Å². The summed E-state index contributed by atoms with van der Waals surface area (Å²) in [5.74, 6) is 0.744. The highest BCUT2D eigenvalue weighted by molar-refractivity contribution is 7.10. The molecule has 3 nitrogen and oxygen atoms in total. The monoisotopic (exact) mass is 294 g/mol. The van der Waals surface area contributed by atoms with Crippen molar-refractivity contribution in [3.8, 4) is 0 Å². The van der Waals surface area contributed by atoms with Crippen molar-refractivity contribution in [3.63, 3.8) is 0 Å². The average Bonchev–Trinajstić information content (AvgIpc) is 3.06. The van der Waals surface area contributed by atoms with Crippen LogP contribution in [-0.2, 0) is 4.79 Å². The van der Waals surface area contributed by atoms with Crippen LogP contribution in [0.1, 0.15) is 58.5 Å². The number of nitrogens with zero attached hydrogens (tertiary/aromatic N) is 1. The molecule has 4 heteroatoms. The molecule has 4 unspecified atom stereocenters. The van der Waals surface area contributed by atoms with E-state index in [0.29, 0.717) is 5.92 Å². The second kappa shape index (κ2) is 5.86. The van der Waals surface area contributed by atoms with E-state index in [1.54, 1.807) is 11.3 Å². The van der Waals surface area contributed by atoms with E-state index in [0.717, 1.165) is 12.8 Å². The van der Waals surface area contributed by atoms with Crippen molar-refractivity contribution in [1.82, 2.24) is 10.2 Å². The Balaban J connectivity index is 2.35. The maximum atomic E-state index is 12.9. The van der Waals surface area contributed by atoms with Crippen molar-refractivity contribution < 1.29 is 4.79 Å². The number of hydrogen-bond donors (Lipinski definition) is 1. The third kappa shape index (κ3) is 2.51. The molecule has 0 bridgehead atoms. The number of thiophene rings is 1. The standard InChI is InChI=1S/C16H26N2OS/c1-6-11(3)12(4)18-14(13-9-8-10-20-13)17-16(5,7-2)15(18)19/h8-12,14,17H,6-7H2,1-5H3. The van der Waals surface area contributed by atoms with Crippen LogP contribution in [0.15, 0.2) is 17.5 Å². The summed E-state index contributed by atoms with van der Waals surface area (Å²) >= 11 is 1.72. The topological polar surface area (TPSA) is 32.3 Å². The largest absolute Gasteiger partial charge is 0.318 e. The predicted molar refractivity (Wildman–Crippen MR) is 84.7 cm³/mol. The lowest BCUT2D eigenvalue weighted by Crippen LogP contribution is -2.45. The van der Waals surface area contributed by atoms with E-state index in [4.69, 9.17) is 0 Å². The normalized spacial score (nSPS) is 29.8. The lowest BCUT2D eigenvalue weighted by Gasteiger charge is -2.33. The fraction of sp³-hybridized carbons (Fsp3) is 0.688. The van der Waals surface area contributed by atoms with Crippen LogP contribution in [-0.4, -0.2) is 22.4 Å². The second-order valence-electron chi connectivity index (χ2n) is 6.09. The lowest BCUT2D eigenvalue weighted by atomic mass is 9.96. The molecule has 0 saturated carbocycles. The first-order chi connectivity index (χ1) is 9.44. The number of carbonyl (C=O) groups is 1. The van der Waals surface area contributed by atoms with Gasteiger partial charge in [0.25, 0.3) is 0 Å². The molecule has 0 spiro atoms. The van der Waals surface area contributed by atoms with E-state index >= 15 is 0 Å². The molecule has 2 heterocycles. The molecule has 0 radical (unpaired) electrons. The second-order valence-corrected chi connectivity index (χ2v) is 7.07. The van der Waals surface area contributed by atoms with Gasteiger partial charge in [0, 0.05) is 10.9 Å². The quantitative estimate of drug-likeness (QED) is 0.896. The number of amides is 1. The Labute approximate surface area is 126 Å².